The lowest BCUT2D eigenvalue weighted by atomic mass is 10.1. The van der Waals surface area contributed by atoms with E-state index >= 15 is 0 Å². The molecule has 0 bridgehead atoms. The van der Waals surface area contributed by atoms with E-state index in [1.165, 1.54) is 0 Å². The van der Waals surface area contributed by atoms with Crippen LogP contribution in [0.25, 0.3) is 0 Å². The van der Waals surface area contributed by atoms with E-state index in [9.17, 15) is 13.2 Å². The monoisotopic (exact) mass is 390 g/mol. The zero-order chi connectivity index (χ0) is 20.0. The number of ether oxygens (including phenoxy) is 1. The highest BCUT2D eigenvalue weighted by Gasteiger charge is 2.28. The Labute approximate surface area is 157 Å². The maximum atomic E-state index is 12.0. The molecular weight excluding hydrogens is 356 g/mol. The molecule has 26 heavy (non-hydrogen) atoms. The highest BCUT2D eigenvalue weighted by molar-refractivity contribution is 7.91. The standard InChI is InChI=1S/C17H34N4O4S/c1-7-18-15(20-13-8-9-26(23,24)11-13)19-10-14(12(2)3)21-16(22)25-17(4,5)6/h12-14H,7-11H2,1-6H3,(H,21,22)(H2,18,19,20). The second kappa shape index (κ2) is 9.43. The van der Waals surface area contributed by atoms with E-state index in [1.54, 1.807) is 0 Å². The van der Waals surface area contributed by atoms with Crippen molar-refractivity contribution in [1.82, 2.24) is 16.0 Å². The number of sulfone groups is 1. The Hall–Kier alpha value is -1.51. The summed E-state index contributed by atoms with van der Waals surface area (Å²) in [4.78, 5) is 16.5. The predicted octanol–water partition coefficient (Wildman–Crippen LogP) is 1.28. The van der Waals surface area contributed by atoms with Crippen LogP contribution in [0.2, 0.25) is 0 Å². The van der Waals surface area contributed by atoms with Gasteiger partial charge in [-0.15, -0.1) is 0 Å². The molecule has 0 aliphatic carbocycles. The summed E-state index contributed by atoms with van der Waals surface area (Å²) in [6.45, 7) is 12.4. The summed E-state index contributed by atoms with van der Waals surface area (Å²) in [7, 11) is -2.95. The third kappa shape index (κ3) is 8.73. The summed E-state index contributed by atoms with van der Waals surface area (Å²) in [5.74, 6) is 1.06. The fraction of sp³-hybridized carbons (Fsp3) is 0.882. The van der Waals surface area contributed by atoms with E-state index in [-0.39, 0.29) is 29.5 Å². The molecule has 9 heteroatoms. The topological polar surface area (TPSA) is 109 Å². The summed E-state index contributed by atoms with van der Waals surface area (Å²) >= 11 is 0. The van der Waals surface area contributed by atoms with Crippen molar-refractivity contribution in [1.29, 1.82) is 0 Å². The van der Waals surface area contributed by atoms with Gasteiger partial charge in [-0.3, -0.25) is 4.99 Å². The van der Waals surface area contributed by atoms with Gasteiger partial charge < -0.3 is 20.7 Å². The molecule has 0 aromatic heterocycles. The number of rotatable bonds is 6. The first-order valence-electron chi connectivity index (χ1n) is 9.16. The molecule has 0 aromatic carbocycles. The van der Waals surface area contributed by atoms with Gasteiger partial charge in [-0.05, 0) is 40.0 Å². The Morgan fingerprint density at radius 2 is 1.96 bits per heavy atom. The van der Waals surface area contributed by atoms with Gasteiger partial charge in [0.2, 0.25) is 0 Å². The summed E-state index contributed by atoms with van der Waals surface area (Å²) in [6.07, 6.45) is 0.113. The van der Waals surface area contributed by atoms with Crippen LogP contribution in [0, 0.1) is 5.92 Å². The number of guanidine groups is 1. The summed E-state index contributed by atoms with van der Waals surface area (Å²) in [5.41, 5.74) is -0.556. The average Bonchev–Trinajstić information content (AvgIpc) is 2.80. The lowest BCUT2D eigenvalue weighted by molar-refractivity contribution is 0.0493. The van der Waals surface area contributed by atoms with E-state index in [0.29, 0.717) is 25.5 Å². The second-order valence-electron chi connectivity index (χ2n) is 7.96. The fourth-order valence-electron chi connectivity index (χ4n) is 2.49. The minimum Gasteiger partial charge on any atom is -0.444 e. The molecule has 8 nitrogen and oxygen atoms in total. The molecule has 0 spiro atoms. The van der Waals surface area contributed by atoms with Crippen molar-refractivity contribution < 1.29 is 17.9 Å². The van der Waals surface area contributed by atoms with E-state index < -0.39 is 21.5 Å². The lowest BCUT2D eigenvalue weighted by Crippen LogP contribution is -2.46. The molecule has 1 aliphatic heterocycles. The molecule has 1 saturated heterocycles. The van der Waals surface area contributed by atoms with Crippen molar-refractivity contribution in [2.24, 2.45) is 10.9 Å². The zero-order valence-electron chi connectivity index (χ0n) is 16.8. The minimum atomic E-state index is -2.95. The Bertz CT molecular complexity index is 596. The number of hydrogen-bond donors (Lipinski definition) is 3. The number of alkyl carbamates (subject to hydrolysis) is 1. The molecule has 152 valence electrons. The molecule has 0 aromatic rings. The number of carbonyl (C=O) groups is 1. The number of nitrogens with one attached hydrogen (secondary N) is 3. The molecule has 2 unspecified atom stereocenters. The Kier molecular flexibility index (Phi) is 8.17. The largest absolute Gasteiger partial charge is 0.444 e. The van der Waals surface area contributed by atoms with Crippen LogP contribution in [-0.4, -0.2) is 62.8 Å². The molecule has 1 rings (SSSR count). The van der Waals surface area contributed by atoms with Crippen LogP contribution < -0.4 is 16.0 Å². The van der Waals surface area contributed by atoms with Gasteiger partial charge in [0.05, 0.1) is 24.1 Å². The number of nitrogens with zero attached hydrogens (tertiary/aromatic N) is 1. The lowest BCUT2D eigenvalue weighted by Gasteiger charge is -2.25. The Balaban J connectivity index is 2.69. The summed E-state index contributed by atoms with van der Waals surface area (Å²) in [6, 6.07) is -0.318. The highest BCUT2D eigenvalue weighted by atomic mass is 32.2. The molecule has 1 aliphatic rings. The Morgan fingerprint density at radius 1 is 1.31 bits per heavy atom. The van der Waals surface area contributed by atoms with Crippen LogP contribution in [0.1, 0.15) is 48.0 Å². The fourth-order valence-corrected chi connectivity index (χ4v) is 4.17. The second-order valence-corrected chi connectivity index (χ2v) is 10.2. The van der Waals surface area contributed by atoms with Crippen LogP contribution in [0.15, 0.2) is 4.99 Å². The number of amides is 1. The Morgan fingerprint density at radius 3 is 2.42 bits per heavy atom. The zero-order valence-corrected chi connectivity index (χ0v) is 17.6. The first-order chi connectivity index (χ1) is 11.9. The van der Waals surface area contributed by atoms with Gasteiger partial charge in [0.25, 0.3) is 0 Å². The molecule has 0 saturated carbocycles. The van der Waals surface area contributed by atoms with Gasteiger partial charge >= 0.3 is 6.09 Å². The van der Waals surface area contributed by atoms with Crippen LogP contribution in [-0.2, 0) is 14.6 Å². The van der Waals surface area contributed by atoms with Gasteiger partial charge in [-0.2, -0.15) is 0 Å². The van der Waals surface area contributed by atoms with Gasteiger partial charge in [0, 0.05) is 12.6 Å². The normalized spacial score (nSPS) is 21.3. The van der Waals surface area contributed by atoms with Gasteiger partial charge in [0.15, 0.2) is 15.8 Å². The molecule has 1 fully saturated rings. The van der Waals surface area contributed by atoms with Gasteiger partial charge in [-0.1, -0.05) is 13.8 Å². The van der Waals surface area contributed by atoms with Gasteiger partial charge in [-0.25, -0.2) is 13.2 Å². The first-order valence-corrected chi connectivity index (χ1v) is 11.0. The molecule has 2 atom stereocenters. The number of aliphatic imine (C=N–C) groups is 1. The van der Waals surface area contributed by atoms with Gasteiger partial charge in [0.1, 0.15) is 5.60 Å². The van der Waals surface area contributed by atoms with Crippen LogP contribution in [0.3, 0.4) is 0 Å². The van der Waals surface area contributed by atoms with Crippen molar-refractivity contribution >= 4 is 21.9 Å². The SMILES string of the molecule is CCNC(=NCC(NC(=O)OC(C)(C)C)C(C)C)NC1CCS(=O)(=O)C1. The smallest absolute Gasteiger partial charge is 0.407 e. The summed E-state index contributed by atoms with van der Waals surface area (Å²) in [5, 5.41) is 9.15. The van der Waals surface area contributed by atoms with Crippen LogP contribution in [0.4, 0.5) is 4.79 Å². The number of carbonyl (C=O) groups excluding carboxylic acids is 1. The quantitative estimate of drug-likeness (QED) is 0.466. The van der Waals surface area contributed by atoms with Crippen LogP contribution in [0.5, 0.6) is 0 Å². The predicted molar refractivity (Wildman–Crippen MR) is 104 cm³/mol. The molecule has 1 amide bonds. The minimum absolute atomic E-state index is 0.126. The van der Waals surface area contributed by atoms with E-state index in [4.69, 9.17) is 4.74 Å². The molecule has 3 N–H and O–H groups in total. The maximum absolute atomic E-state index is 12.0. The molecular formula is C17H34N4O4S. The van der Waals surface area contributed by atoms with Crippen molar-refractivity contribution in [2.75, 3.05) is 24.6 Å². The van der Waals surface area contributed by atoms with E-state index in [1.807, 2.05) is 41.5 Å². The van der Waals surface area contributed by atoms with Crippen molar-refractivity contribution in [2.45, 2.75) is 65.6 Å². The average molecular weight is 391 g/mol. The van der Waals surface area contributed by atoms with E-state index in [2.05, 4.69) is 20.9 Å². The highest BCUT2D eigenvalue weighted by Crippen LogP contribution is 2.11. The molecule has 0 radical (unpaired) electrons. The van der Waals surface area contributed by atoms with Crippen molar-refractivity contribution in [3.63, 3.8) is 0 Å². The molecule has 1 heterocycles. The van der Waals surface area contributed by atoms with Crippen molar-refractivity contribution in [3.8, 4) is 0 Å². The van der Waals surface area contributed by atoms with E-state index in [0.717, 1.165) is 0 Å². The maximum Gasteiger partial charge on any atom is 0.407 e. The first kappa shape index (κ1) is 22.5. The van der Waals surface area contributed by atoms with Crippen molar-refractivity contribution in [3.05, 3.63) is 0 Å². The third-order valence-electron chi connectivity index (χ3n) is 3.87. The van der Waals surface area contributed by atoms with Crippen LogP contribution >= 0.6 is 0 Å². The number of hydrogen-bond acceptors (Lipinski definition) is 5. The third-order valence-corrected chi connectivity index (χ3v) is 5.64. The summed E-state index contributed by atoms with van der Waals surface area (Å²) < 4.78 is 28.5.